The molecule has 0 fully saturated rings. The van der Waals surface area contributed by atoms with E-state index < -0.39 is 5.91 Å². The average Bonchev–Trinajstić information content (AvgIpc) is 2.56. The first-order chi connectivity index (χ1) is 11.7. The lowest BCUT2D eigenvalue weighted by molar-refractivity contribution is -0.126. The van der Waals surface area contributed by atoms with Crippen LogP contribution in [0, 0.1) is 0 Å². The number of rotatable bonds is 5. The lowest BCUT2D eigenvalue weighted by Crippen LogP contribution is -2.47. The zero-order chi connectivity index (χ0) is 18.4. The third kappa shape index (κ3) is 5.91. The molecule has 3 amide bonds. The molecular weight excluding hydrogens is 318 g/mol. The van der Waals surface area contributed by atoms with Crippen LogP contribution in [0.2, 0.25) is 0 Å². The molecule has 3 N–H and O–H groups in total. The Balaban J connectivity index is 1.82. The molecule has 2 aromatic rings. The van der Waals surface area contributed by atoms with E-state index in [0.29, 0.717) is 5.56 Å². The van der Waals surface area contributed by atoms with Gasteiger partial charge < -0.3 is 16.0 Å². The zero-order valence-electron chi connectivity index (χ0n) is 14.7. The van der Waals surface area contributed by atoms with E-state index in [9.17, 15) is 14.4 Å². The van der Waals surface area contributed by atoms with Crippen molar-refractivity contribution >= 4 is 28.5 Å². The first-order valence-corrected chi connectivity index (χ1v) is 8.09. The maximum absolute atomic E-state index is 12.1. The minimum atomic E-state index is -0.418. The molecule has 0 aliphatic heterocycles. The zero-order valence-corrected chi connectivity index (χ0v) is 14.7. The Hall–Kier alpha value is -2.89. The summed E-state index contributed by atoms with van der Waals surface area (Å²) in [5.74, 6) is -1.03. The van der Waals surface area contributed by atoms with E-state index in [0.717, 1.165) is 10.8 Å². The third-order valence-corrected chi connectivity index (χ3v) is 3.38. The minimum absolute atomic E-state index is 0.123. The van der Waals surface area contributed by atoms with Crippen molar-refractivity contribution in [3.8, 4) is 0 Å². The molecule has 0 aliphatic rings. The van der Waals surface area contributed by atoms with Crippen molar-refractivity contribution in [2.45, 2.75) is 26.3 Å². The maximum Gasteiger partial charge on any atom is 0.251 e. The van der Waals surface area contributed by atoms with Gasteiger partial charge in [-0.25, -0.2) is 0 Å². The van der Waals surface area contributed by atoms with Gasteiger partial charge in [0.25, 0.3) is 5.91 Å². The Morgan fingerprint density at radius 1 is 0.840 bits per heavy atom. The lowest BCUT2D eigenvalue weighted by atomic mass is 10.1. The van der Waals surface area contributed by atoms with Crippen LogP contribution in [0.15, 0.2) is 42.5 Å². The van der Waals surface area contributed by atoms with Crippen LogP contribution in [0.1, 0.15) is 31.1 Å². The van der Waals surface area contributed by atoms with Crippen molar-refractivity contribution in [3.05, 3.63) is 48.0 Å². The Kier molecular flexibility index (Phi) is 5.75. The van der Waals surface area contributed by atoms with E-state index in [1.807, 2.05) is 51.1 Å². The van der Waals surface area contributed by atoms with Crippen LogP contribution in [-0.2, 0) is 9.59 Å². The Morgan fingerprint density at radius 2 is 1.48 bits per heavy atom. The molecule has 0 bridgehead atoms. The molecule has 6 nitrogen and oxygen atoms in total. The highest BCUT2D eigenvalue weighted by molar-refractivity contribution is 6.00. The van der Waals surface area contributed by atoms with Crippen molar-refractivity contribution in [1.82, 2.24) is 16.0 Å². The maximum atomic E-state index is 12.1. The number of fused-ring (bicyclic) bond motifs is 1. The number of nitrogens with one attached hydrogen (secondary N) is 3. The van der Waals surface area contributed by atoms with Crippen molar-refractivity contribution in [2.75, 3.05) is 13.1 Å². The van der Waals surface area contributed by atoms with Crippen LogP contribution in [0.4, 0.5) is 0 Å². The standard InChI is InChI=1S/C19H23N3O3/c1-19(2,3)22-17(24)12-20-16(23)11-21-18(25)15-9-8-13-6-4-5-7-14(13)10-15/h4-10H,11-12H2,1-3H3,(H,20,23)(H,21,25)(H,22,24). The molecule has 0 aliphatic carbocycles. The number of carbonyl (C=O) groups is 3. The first kappa shape index (κ1) is 18.4. The highest BCUT2D eigenvalue weighted by atomic mass is 16.2. The van der Waals surface area contributed by atoms with Gasteiger partial charge >= 0.3 is 0 Å². The molecule has 0 unspecified atom stereocenters. The Bertz CT molecular complexity index is 794. The summed E-state index contributed by atoms with van der Waals surface area (Å²) in [6, 6.07) is 13.1. The number of hydrogen-bond acceptors (Lipinski definition) is 3. The van der Waals surface area contributed by atoms with Gasteiger partial charge in [-0.15, -0.1) is 0 Å². The van der Waals surface area contributed by atoms with Crippen molar-refractivity contribution in [2.24, 2.45) is 0 Å². The quantitative estimate of drug-likeness (QED) is 0.772. The van der Waals surface area contributed by atoms with Gasteiger partial charge in [-0.05, 0) is 43.7 Å². The molecular formula is C19H23N3O3. The van der Waals surface area contributed by atoms with Crippen LogP contribution >= 0.6 is 0 Å². The van der Waals surface area contributed by atoms with E-state index in [4.69, 9.17) is 0 Å². The summed E-state index contributed by atoms with van der Waals surface area (Å²) in [7, 11) is 0. The fourth-order valence-corrected chi connectivity index (χ4v) is 2.30. The molecule has 0 aromatic heterocycles. The number of hydrogen-bond donors (Lipinski definition) is 3. The van der Waals surface area contributed by atoms with Crippen LogP contribution in [-0.4, -0.2) is 36.3 Å². The summed E-state index contributed by atoms with van der Waals surface area (Å²) in [6.07, 6.45) is 0. The predicted molar refractivity (Wildman–Crippen MR) is 97.2 cm³/mol. The van der Waals surface area contributed by atoms with E-state index >= 15 is 0 Å². The van der Waals surface area contributed by atoms with Crippen LogP contribution < -0.4 is 16.0 Å². The summed E-state index contributed by atoms with van der Waals surface area (Å²) in [4.78, 5) is 35.5. The molecule has 0 heterocycles. The summed E-state index contributed by atoms with van der Waals surface area (Å²) >= 11 is 0. The topological polar surface area (TPSA) is 87.3 Å². The third-order valence-electron chi connectivity index (χ3n) is 3.38. The van der Waals surface area contributed by atoms with Gasteiger partial charge in [-0.1, -0.05) is 30.3 Å². The Labute approximate surface area is 147 Å². The summed E-state index contributed by atoms with van der Waals surface area (Å²) < 4.78 is 0. The van der Waals surface area contributed by atoms with E-state index in [1.165, 1.54) is 0 Å². The van der Waals surface area contributed by atoms with Gasteiger partial charge in [0.1, 0.15) is 0 Å². The summed E-state index contributed by atoms with van der Waals surface area (Å²) in [6.45, 7) is 5.26. The fraction of sp³-hybridized carbons (Fsp3) is 0.316. The molecule has 2 aromatic carbocycles. The van der Waals surface area contributed by atoms with E-state index in [2.05, 4.69) is 16.0 Å². The monoisotopic (exact) mass is 341 g/mol. The summed E-state index contributed by atoms with van der Waals surface area (Å²) in [5.41, 5.74) is 0.128. The molecule has 0 saturated heterocycles. The smallest absolute Gasteiger partial charge is 0.251 e. The van der Waals surface area contributed by atoms with Gasteiger partial charge in [-0.3, -0.25) is 14.4 Å². The molecule has 25 heavy (non-hydrogen) atoms. The molecule has 0 atom stereocenters. The van der Waals surface area contributed by atoms with Crippen LogP contribution in [0.3, 0.4) is 0 Å². The van der Waals surface area contributed by atoms with Gasteiger partial charge in [0, 0.05) is 11.1 Å². The summed E-state index contributed by atoms with van der Waals surface area (Å²) in [5, 5.41) is 9.77. The lowest BCUT2D eigenvalue weighted by Gasteiger charge is -2.20. The molecule has 0 radical (unpaired) electrons. The van der Waals surface area contributed by atoms with Gasteiger partial charge in [0.15, 0.2) is 0 Å². The van der Waals surface area contributed by atoms with Gasteiger partial charge in [0.2, 0.25) is 11.8 Å². The highest BCUT2D eigenvalue weighted by Crippen LogP contribution is 2.15. The SMILES string of the molecule is CC(C)(C)NC(=O)CNC(=O)CNC(=O)c1ccc2ccccc2c1. The number of carbonyl (C=O) groups excluding carboxylic acids is 3. The predicted octanol–water partition coefficient (Wildman–Crippen LogP) is 1.60. The number of amides is 3. The fourth-order valence-electron chi connectivity index (χ4n) is 2.30. The minimum Gasteiger partial charge on any atom is -0.350 e. The Morgan fingerprint density at radius 3 is 2.16 bits per heavy atom. The molecule has 0 spiro atoms. The molecule has 2 rings (SSSR count). The normalized spacial score (nSPS) is 11.0. The molecule has 132 valence electrons. The highest BCUT2D eigenvalue weighted by Gasteiger charge is 2.14. The van der Waals surface area contributed by atoms with Crippen LogP contribution in [0.25, 0.3) is 10.8 Å². The van der Waals surface area contributed by atoms with Crippen molar-refractivity contribution in [1.29, 1.82) is 0 Å². The van der Waals surface area contributed by atoms with Gasteiger partial charge in [-0.2, -0.15) is 0 Å². The van der Waals surface area contributed by atoms with Gasteiger partial charge in [0.05, 0.1) is 13.1 Å². The molecule has 0 saturated carbocycles. The second-order valence-corrected chi connectivity index (χ2v) is 6.82. The van der Waals surface area contributed by atoms with E-state index in [1.54, 1.807) is 12.1 Å². The molecule has 6 heteroatoms. The van der Waals surface area contributed by atoms with Crippen molar-refractivity contribution in [3.63, 3.8) is 0 Å². The number of benzene rings is 2. The van der Waals surface area contributed by atoms with Crippen LogP contribution in [0.5, 0.6) is 0 Å². The largest absolute Gasteiger partial charge is 0.350 e. The second-order valence-electron chi connectivity index (χ2n) is 6.82. The van der Waals surface area contributed by atoms with E-state index in [-0.39, 0.29) is 30.4 Å². The second kappa shape index (κ2) is 7.79. The van der Waals surface area contributed by atoms with Crippen molar-refractivity contribution < 1.29 is 14.4 Å². The first-order valence-electron chi connectivity index (χ1n) is 8.09. The average molecular weight is 341 g/mol.